The highest BCUT2D eigenvalue weighted by Gasteiger charge is 2.12. The Morgan fingerprint density at radius 1 is 1.04 bits per heavy atom. The molecule has 4 aromatic rings. The van der Waals surface area contributed by atoms with E-state index in [1.165, 1.54) is 34.9 Å². The molecule has 0 radical (unpaired) electrons. The summed E-state index contributed by atoms with van der Waals surface area (Å²) in [4.78, 5) is 0. The van der Waals surface area contributed by atoms with Gasteiger partial charge in [-0.05, 0) is 67.2 Å². The fraction of sp³-hybridized carbons (Fsp3) is 0.304. The lowest BCUT2D eigenvalue weighted by atomic mass is 9.98. The molecule has 0 unspecified atom stereocenters. The molecule has 0 atom stereocenters. The van der Waals surface area contributed by atoms with E-state index in [0.29, 0.717) is 0 Å². The Bertz CT molecular complexity index is 1080. The van der Waals surface area contributed by atoms with Crippen LogP contribution in [0, 0.1) is 5.92 Å². The van der Waals surface area contributed by atoms with Gasteiger partial charge in [0.1, 0.15) is 6.33 Å². The number of piperidine rings is 1. The molecule has 28 heavy (non-hydrogen) atoms. The van der Waals surface area contributed by atoms with Crippen LogP contribution in [0.25, 0.3) is 27.7 Å². The average molecular weight is 371 g/mol. The maximum Gasteiger partial charge on any atom is 0.161 e. The molecule has 0 bridgehead atoms. The first-order chi connectivity index (χ1) is 13.9. The van der Waals surface area contributed by atoms with Crippen LogP contribution in [0.5, 0.6) is 0 Å². The number of nitrogens with one attached hydrogen (secondary N) is 2. The SMILES string of the molecule is c1ccc2c(c1)c(-c1ccc(CNCC3CCNCC3)cc1)cc1nncn12. The zero-order valence-electron chi connectivity index (χ0n) is 15.9. The van der Waals surface area contributed by atoms with E-state index in [4.69, 9.17) is 0 Å². The van der Waals surface area contributed by atoms with Crippen molar-refractivity contribution in [1.82, 2.24) is 25.2 Å². The summed E-state index contributed by atoms with van der Waals surface area (Å²) in [6, 6.07) is 19.4. The van der Waals surface area contributed by atoms with Gasteiger partial charge >= 0.3 is 0 Å². The summed E-state index contributed by atoms with van der Waals surface area (Å²) in [6.45, 7) is 4.35. The molecule has 1 aliphatic rings. The van der Waals surface area contributed by atoms with Crippen LogP contribution < -0.4 is 10.6 Å². The van der Waals surface area contributed by atoms with Gasteiger partial charge in [0.15, 0.2) is 5.65 Å². The van der Waals surface area contributed by atoms with Crippen LogP contribution in [0.2, 0.25) is 0 Å². The van der Waals surface area contributed by atoms with Gasteiger partial charge in [-0.1, -0.05) is 42.5 Å². The molecule has 0 saturated carbocycles. The molecule has 0 spiro atoms. The van der Waals surface area contributed by atoms with Gasteiger partial charge in [-0.15, -0.1) is 10.2 Å². The number of pyridine rings is 1. The Hall–Kier alpha value is -2.76. The van der Waals surface area contributed by atoms with Crippen LogP contribution in [0.1, 0.15) is 18.4 Å². The molecule has 3 heterocycles. The van der Waals surface area contributed by atoms with Crippen molar-refractivity contribution in [2.24, 2.45) is 5.92 Å². The highest BCUT2D eigenvalue weighted by atomic mass is 15.2. The van der Waals surface area contributed by atoms with Crippen molar-refractivity contribution in [2.45, 2.75) is 19.4 Å². The Balaban J connectivity index is 1.36. The minimum Gasteiger partial charge on any atom is -0.317 e. The molecule has 1 fully saturated rings. The second kappa shape index (κ2) is 7.70. The molecule has 2 aromatic heterocycles. The van der Waals surface area contributed by atoms with Crippen molar-refractivity contribution in [3.8, 4) is 11.1 Å². The number of benzene rings is 2. The minimum atomic E-state index is 0.807. The van der Waals surface area contributed by atoms with Crippen LogP contribution >= 0.6 is 0 Å². The van der Waals surface area contributed by atoms with Gasteiger partial charge in [-0.25, -0.2) is 0 Å². The van der Waals surface area contributed by atoms with Gasteiger partial charge in [0, 0.05) is 11.9 Å². The van der Waals surface area contributed by atoms with Crippen LogP contribution in [0.15, 0.2) is 60.9 Å². The molecular formula is C23H25N5. The van der Waals surface area contributed by atoms with Crippen LogP contribution in [0.4, 0.5) is 0 Å². The standard InChI is InChI=1S/C23H25N5/c1-2-4-22-20(3-1)21(13-23-27-26-16-28(22)23)19-7-5-17(6-8-19)14-25-15-18-9-11-24-12-10-18/h1-8,13,16,18,24-25H,9-12,14-15H2. The van der Waals surface area contributed by atoms with Crippen molar-refractivity contribution >= 4 is 16.6 Å². The van der Waals surface area contributed by atoms with E-state index < -0.39 is 0 Å². The van der Waals surface area contributed by atoms with Crippen LogP contribution in [-0.2, 0) is 6.54 Å². The lowest BCUT2D eigenvalue weighted by Gasteiger charge is -2.22. The number of fused-ring (bicyclic) bond motifs is 3. The Morgan fingerprint density at radius 3 is 2.71 bits per heavy atom. The number of aromatic nitrogens is 3. The number of hydrogen-bond acceptors (Lipinski definition) is 4. The second-order valence-electron chi connectivity index (χ2n) is 7.66. The van der Waals surface area contributed by atoms with Crippen molar-refractivity contribution in [3.63, 3.8) is 0 Å². The third-order valence-corrected chi connectivity index (χ3v) is 5.79. The molecule has 1 aliphatic heterocycles. The lowest BCUT2D eigenvalue weighted by Crippen LogP contribution is -2.33. The molecule has 2 N–H and O–H groups in total. The first-order valence-electron chi connectivity index (χ1n) is 10.1. The highest BCUT2D eigenvalue weighted by Crippen LogP contribution is 2.30. The first-order valence-corrected chi connectivity index (χ1v) is 10.1. The topological polar surface area (TPSA) is 54.2 Å². The van der Waals surface area contributed by atoms with E-state index in [9.17, 15) is 0 Å². The molecule has 1 saturated heterocycles. The van der Waals surface area contributed by atoms with E-state index >= 15 is 0 Å². The molecule has 0 aliphatic carbocycles. The summed E-state index contributed by atoms with van der Waals surface area (Å²) in [5.41, 5.74) is 5.74. The highest BCUT2D eigenvalue weighted by molar-refractivity contribution is 5.97. The van der Waals surface area contributed by atoms with E-state index in [-0.39, 0.29) is 0 Å². The summed E-state index contributed by atoms with van der Waals surface area (Å²) >= 11 is 0. The van der Waals surface area contributed by atoms with E-state index in [1.54, 1.807) is 6.33 Å². The molecule has 2 aromatic carbocycles. The van der Waals surface area contributed by atoms with Gasteiger partial charge in [0.25, 0.3) is 0 Å². The van der Waals surface area contributed by atoms with Gasteiger partial charge in [-0.2, -0.15) is 0 Å². The Labute approximate surface area is 164 Å². The number of hydrogen-bond donors (Lipinski definition) is 2. The third-order valence-electron chi connectivity index (χ3n) is 5.79. The smallest absolute Gasteiger partial charge is 0.161 e. The summed E-state index contributed by atoms with van der Waals surface area (Å²) in [5.74, 6) is 0.807. The van der Waals surface area contributed by atoms with Gasteiger partial charge < -0.3 is 10.6 Å². The minimum absolute atomic E-state index is 0.807. The zero-order valence-corrected chi connectivity index (χ0v) is 15.9. The molecule has 0 amide bonds. The van der Waals surface area contributed by atoms with Gasteiger partial charge in [0.2, 0.25) is 0 Å². The Kier molecular flexibility index (Phi) is 4.77. The molecule has 142 valence electrons. The van der Waals surface area contributed by atoms with Crippen molar-refractivity contribution in [1.29, 1.82) is 0 Å². The third kappa shape index (κ3) is 3.39. The molecule has 5 heteroatoms. The number of nitrogens with zero attached hydrogens (tertiary/aromatic N) is 3. The summed E-state index contributed by atoms with van der Waals surface area (Å²) in [7, 11) is 0. The first kappa shape index (κ1) is 17.3. The number of para-hydroxylation sites is 1. The second-order valence-corrected chi connectivity index (χ2v) is 7.66. The lowest BCUT2D eigenvalue weighted by molar-refractivity contribution is 0.356. The predicted molar refractivity (Wildman–Crippen MR) is 113 cm³/mol. The predicted octanol–water partition coefficient (Wildman–Crippen LogP) is 3.64. The largest absolute Gasteiger partial charge is 0.317 e. The quantitative estimate of drug-likeness (QED) is 0.562. The van der Waals surface area contributed by atoms with Gasteiger partial charge in [0.05, 0.1) is 5.52 Å². The maximum absolute atomic E-state index is 4.26. The maximum atomic E-state index is 4.26. The number of rotatable bonds is 5. The van der Waals surface area contributed by atoms with Crippen LogP contribution in [0.3, 0.4) is 0 Å². The van der Waals surface area contributed by atoms with Crippen molar-refractivity contribution in [3.05, 3.63) is 66.5 Å². The normalized spacial score (nSPS) is 15.4. The summed E-state index contributed by atoms with van der Waals surface area (Å²) in [6.07, 6.45) is 4.34. The fourth-order valence-corrected chi connectivity index (χ4v) is 4.19. The molecule has 5 rings (SSSR count). The van der Waals surface area contributed by atoms with E-state index in [1.807, 2.05) is 4.40 Å². The molecular weight excluding hydrogens is 346 g/mol. The summed E-state index contributed by atoms with van der Waals surface area (Å²) in [5, 5.41) is 16.6. The van der Waals surface area contributed by atoms with Crippen molar-refractivity contribution in [2.75, 3.05) is 19.6 Å². The summed E-state index contributed by atoms with van der Waals surface area (Å²) < 4.78 is 2.04. The van der Waals surface area contributed by atoms with Crippen LogP contribution in [-0.4, -0.2) is 34.2 Å². The zero-order chi connectivity index (χ0) is 18.8. The van der Waals surface area contributed by atoms with E-state index in [0.717, 1.165) is 43.3 Å². The fourth-order valence-electron chi connectivity index (χ4n) is 4.19. The Morgan fingerprint density at radius 2 is 1.86 bits per heavy atom. The van der Waals surface area contributed by atoms with Gasteiger partial charge in [-0.3, -0.25) is 4.40 Å². The molecule has 5 nitrogen and oxygen atoms in total. The van der Waals surface area contributed by atoms with Crippen molar-refractivity contribution < 1.29 is 0 Å². The monoisotopic (exact) mass is 371 g/mol. The van der Waals surface area contributed by atoms with E-state index in [2.05, 4.69) is 75.4 Å². The average Bonchev–Trinajstić information content (AvgIpc) is 3.24.